The third kappa shape index (κ3) is 5.97. The van der Waals surface area contributed by atoms with Crippen LogP contribution in [0.2, 0.25) is 0 Å². The topological polar surface area (TPSA) is 79.9 Å². The quantitative estimate of drug-likeness (QED) is 0.397. The number of pyridine rings is 1. The van der Waals surface area contributed by atoms with E-state index < -0.39 is 18.6 Å². The van der Waals surface area contributed by atoms with Gasteiger partial charge in [0.05, 0.1) is 11.0 Å². The van der Waals surface area contributed by atoms with Crippen molar-refractivity contribution in [3.05, 3.63) is 90.0 Å². The highest BCUT2D eigenvalue weighted by atomic mass is 19.4. The van der Waals surface area contributed by atoms with Crippen LogP contribution in [0.1, 0.15) is 17.0 Å². The first-order chi connectivity index (χ1) is 15.9. The van der Waals surface area contributed by atoms with Crippen LogP contribution in [0.4, 0.5) is 13.2 Å². The number of hydrogen-bond acceptors (Lipinski definition) is 4. The maximum Gasteiger partial charge on any atom is 0.405 e. The summed E-state index contributed by atoms with van der Waals surface area (Å²) in [5, 5.41) is 1.92. The molecule has 4 aromatic rings. The molecule has 2 aromatic carbocycles. The van der Waals surface area contributed by atoms with Gasteiger partial charge in [-0.2, -0.15) is 13.2 Å². The molecular weight excluding hydrogens is 433 g/mol. The molecule has 0 unspecified atom stereocenters. The fourth-order valence-electron chi connectivity index (χ4n) is 3.14. The number of fused-ring (bicyclic) bond motifs is 1. The Balaban J connectivity index is 1.50. The van der Waals surface area contributed by atoms with E-state index in [1.807, 2.05) is 29.6 Å². The first-order valence-corrected chi connectivity index (χ1v) is 10.0. The maximum absolute atomic E-state index is 12.6. The molecule has 2 aromatic heterocycles. The van der Waals surface area contributed by atoms with Gasteiger partial charge < -0.3 is 15.0 Å². The van der Waals surface area contributed by atoms with Gasteiger partial charge >= 0.3 is 6.18 Å². The van der Waals surface area contributed by atoms with Gasteiger partial charge in [0, 0.05) is 18.0 Å². The number of carbonyl (C=O) groups is 1. The van der Waals surface area contributed by atoms with E-state index in [1.54, 1.807) is 42.6 Å². The minimum Gasteiger partial charge on any atom is -0.486 e. The second-order valence-electron chi connectivity index (χ2n) is 7.16. The Morgan fingerprint density at radius 2 is 1.85 bits per heavy atom. The summed E-state index contributed by atoms with van der Waals surface area (Å²) in [6, 6.07) is 17.5. The van der Waals surface area contributed by atoms with Crippen molar-refractivity contribution in [2.75, 3.05) is 6.54 Å². The number of ether oxygens (including phenoxy) is 1. The van der Waals surface area contributed by atoms with Crippen molar-refractivity contribution in [3.63, 3.8) is 0 Å². The number of hydrogen-bond donors (Lipinski definition) is 2. The number of amides is 1. The molecule has 0 spiro atoms. The van der Waals surface area contributed by atoms with E-state index in [0.29, 0.717) is 22.7 Å². The molecule has 0 aliphatic heterocycles. The SMILES string of the molecule is O=C(NCC(F)(F)F)/C(=C/c1cccnc1)c1ccc(OCc2nc3ccccc3[nH]2)cc1. The molecular formula is C24H19F3N4O2. The lowest BCUT2D eigenvalue weighted by molar-refractivity contribution is -0.135. The number of rotatable bonds is 7. The van der Waals surface area contributed by atoms with Crippen LogP contribution in [0.3, 0.4) is 0 Å². The average Bonchev–Trinajstić information content (AvgIpc) is 3.23. The Morgan fingerprint density at radius 1 is 1.06 bits per heavy atom. The summed E-state index contributed by atoms with van der Waals surface area (Å²) in [4.78, 5) is 24.1. The predicted molar refractivity (Wildman–Crippen MR) is 118 cm³/mol. The number of imidazole rings is 1. The molecule has 0 radical (unpaired) electrons. The Kier molecular flexibility index (Phi) is 6.39. The largest absolute Gasteiger partial charge is 0.486 e. The van der Waals surface area contributed by atoms with Crippen LogP contribution in [0.5, 0.6) is 5.75 Å². The van der Waals surface area contributed by atoms with Crippen LogP contribution in [0.25, 0.3) is 22.7 Å². The van der Waals surface area contributed by atoms with Gasteiger partial charge in [0.15, 0.2) is 0 Å². The molecule has 0 saturated heterocycles. The number of nitrogens with one attached hydrogen (secondary N) is 2. The summed E-state index contributed by atoms with van der Waals surface area (Å²) in [5.74, 6) is 0.340. The van der Waals surface area contributed by atoms with Gasteiger partial charge in [0.25, 0.3) is 5.91 Å². The molecule has 33 heavy (non-hydrogen) atoms. The molecule has 9 heteroatoms. The fraction of sp³-hybridized carbons (Fsp3) is 0.125. The van der Waals surface area contributed by atoms with Crippen molar-refractivity contribution in [2.45, 2.75) is 12.8 Å². The number of aromatic nitrogens is 3. The molecule has 2 N–H and O–H groups in total. The van der Waals surface area contributed by atoms with Gasteiger partial charge in [0.1, 0.15) is 24.7 Å². The fourth-order valence-corrected chi connectivity index (χ4v) is 3.14. The Bertz CT molecular complexity index is 1230. The lowest BCUT2D eigenvalue weighted by atomic mass is 10.0. The van der Waals surface area contributed by atoms with E-state index in [2.05, 4.69) is 15.0 Å². The number of benzene rings is 2. The number of aromatic amines is 1. The first-order valence-electron chi connectivity index (χ1n) is 10.0. The third-order valence-corrected chi connectivity index (χ3v) is 4.67. The van der Waals surface area contributed by atoms with E-state index in [-0.39, 0.29) is 12.2 Å². The van der Waals surface area contributed by atoms with Crippen molar-refractivity contribution < 1.29 is 22.7 Å². The van der Waals surface area contributed by atoms with Crippen molar-refractivity contribution in [3.8, 4) is 5.75 Å². The molecule has 0 aliphatic rings. The lowest BCUT2D eigenvalue weighted by Crippen LogP contribution is -2.34. The summed E-state index contributed by atoms with van der Waals surface area (Å²) in [5.41, 5.74) is 2.84. The van der Waals surface area contributed by atoms with E-state index >= 15 is 0 Å². The lowest BCUT2D eigenvalue weighted by Gasteiger charge is -2.12. The highest BCUT2D eigenvalue weighted by Crippen LogP contribution is 2.23. The van der Waals surface area contributed by atoms with Gasteiger partial charge in [-0.25, -0.2) is 4.98 Å². The van der Waals surface area contributed by atoms with Gasteiger partial charge in [-0.3, -0.25) is 9.78 Å². The van der Waals surface area contributed by atoms with Crippen molar-refractivity contribution in [1.29, 1.82) is 0 Å². The van der Waals surface area contributed by atoms with Crippen LogP contribution in [-0.2, 0) is 11.4 Å². The molecule has 1 amide bonds. The zero-order chi connectivity index (χ0) is 23.3. The molecule has 2 heterocycles. The van der Waals surface area contributed by atoms with Gasteiger partial charge in [0.2, 0.25) is 0 Å². The summed E-state index contributed by atoms with van der Waals surface area (Å²) >= 11 is 0. The second kappa shape index (κ2) is 9.56. The van der Waals surface area contributed by atoms with Crippen LogP contribution in [0, 0.1) is 0 Å². The number of H-pyrrole nitrogens is 1. The van der Waals surface area contributed by atoms with Crippen LogP contribution in [0.15, 0.2) is 73.1 Å². The van der Waals surface area contributed by atoms with Crippen LogP contribution < -0.4 is 10.1 Å². The number of nitrogens with zero attached hydrogens (tertiary/aromatic N) is 2. The van der Waals surface area contributed by atoms with Crippen molar-refractivity contribution in [1.82, 2.24) is 20.3 Å². The molecule has 0 bridgehead atoms. The van der Waals surface area contributed by atoms with Crippen molar-refractivity contribution in [2.24, 2.45) is 0 Å². The zero-order valence-electron chi connectivity index (χ0n) is 17.3. The minimum atomic E-state index is -4.51. The van der Waals surface area contributed by atoms with Gasteiger partial charge in [-0.1, -0.05) is 30.3 Å². The smallest absolute Gasteiger partial charge is 0.405 e. The monoisotopic (exact) mass is 452 g/mol. The first kappa shape index (κ1) is 22.1. The average molecular weight is 452 g/mol. The van der Waals surface area contributed by atoms with E-state index in [9.17, 15) is 18.0 Å². The number of halogens is 3. The molecule has 4 rings (SSSR count). The van der Waals surface area contributed by atoms with E-state index in [0.717, 1.165) is 11.0 Å². The minimum absolute atomic E-state index is 0.0797. The number of para-hydroxylation sites is 2. The van der Waals surface area contributed by atoms with Gasteiger partial charge in [-0.05, 0) is 47.5 Å². The summed E-state index contributed by atoms with van der Waals surface area (Å²) in [7, 11) is 0. The number of alkyl halides is 3. The molecule has 168 valence electrons. The molecule has 6 nitrogen and oxygen atoms in total. The maximum atomic E-state index is 12.6. The molecule has 0 saturated carbocycles. The molecule has 0 atom stereocenters. The highest BCUT2D eigenvalue weighted by molar-refractivity contribution is 6.24. The third-order valence-electron chi connectivity index (χ3n) is 4.67. The number of carbonyl (C=O) groups excluding carboxylic acids is 1. The predicted octanol–water partition coefficient (Wildman–Crippen LogP) is 4.76. The second-order valence-corrected chi connectivity index (χ2v) is 7.16. The van der Waals surface area contributed by atoms with Crippen molar-refractivity contribution >= 4 is 28.6 Å². The van der Waals surface area contributed by atoms with Crippen LogP contribution >= 0.6 is 0 Å². The van der Waals surface area contributed by atoms with Crippen LogP contribution in [-0.4, -0.2) is 33.6 Å². The zero-order valence-corrected chi connectivity index (χ0v) is 17.3. The normalized spacial score (nSPS) is 12.0. The van der Waals surface area contributed by atoms with E-state index in [4.69, 9.17) is 4.74 Å². The summed E-state index contributed by atoms with van der Waals surface area (Å²) in [6.07, 6.45) is 0.0587. The Hall–Kier alpha value is -4.14. The Labute approximate surface area is 187 Å². The van der Waals surface area contributed by atoms with Gasteiger partial charge in [-0.15, -0.1) is 0 Å². The highest BCUT2D eigenvalue weighted by Gasteiger charge is 2.28. The molecule has 0 fully saturated rings. The molecule has 0 aliphatic carbocycles. The summed E-state index contributed by atoms with van der Waals surface area (Å²) < 4.78 is 43.5. The summed E-state index contributed by atoms with van der Waals surface area (Å²) in [6.45, 7) is -1.21. The van der Waals surface area contributed by atoms with E-state index in [1.165, 1.54) is 12.3 Å². The Morgan fingerprint density at radius 3 is 2.55 bits per heavy atom. The standard InChI is InChI=1S/C24H19F3N4O2/c25-24(26,27)15-29-23(32)19(12-16-4-3-11-28-13-16)17-7-9-18(10-8-17)33-14-22-30-20-5-1-2-6-21(20)31-22/h1-13H,14-15H2,(H,29,32)(H,30,31)/b19-12+.